The van der Waals surface area contributed by atoms with Gasteiger partial charge in [0.15, 0.2) is 0 Å². The Bertz CT molecular complexity index is 534. The van der Waals surface area contributed by atoms with E-state index in [4.69, 9.17) is 9.84 Å². The van der Waals surface area contributed by atoms with E-state index in [1.807, 2.05) is 0 Å². The van der Waals surface area contributed by atoms with Gasteiger partial charge in [-0.25, -0.2) is 14.0 Å². The lowest BCUT2D eigenvalue weighted by molar-refractivity contribution is 0.0698. The zero-order chi connectivity index (χ0) is 15.8. The molecular weight excluding hydrogens is 279 g/mol. The number of aromatic carboxylic acids is 1. The molecule has 6 nitrogen and oxygen atoms in total. The number of hydrogen-bond donors (Lipinski definition) is 2. The highest BCUT2D eigenvalue weighted by Crippen LogP contribution is 2.18. The smallest absolute Gasteiger partial charge is 0.337 e. The topological polar surface area (TPSA) is 78.9 Å². The molecule has 7 heteroatoms. The third kappa shape index (κ3) is 4.88. The molecule has 0 radical (unpaired) electrons. The van der Waals surface area contributed by atoms with Crippen molar-refractivity contribution < 1.29 is 23.8 Å². The summed E-state index contributed by atoms with van der Waals surface area (Å²) < 4.78 is 18.1. The van der Waals surface area contributed by atoms with Crippen LogP contribution in [0.1, 0.15) is 10.4 Å². The summed E-state index contributed by atoms with van der Waals surface area (Å²) in [7, 11) is 1.50. The number of ether oxygens (including phenoxy) is 1. The Morgan fingerprint density at radius 2 is 2.24 bits per heavy atom. The second-order valence-electron chi connectivity index (χ2n) is 4.15. The number of urea groups is 1. The van der Waals surface area contributed by atoms with Gasteiger partial charge in [-0.3, -0.25) is 0 Å². The second kappa shape index (κ2) is 8.01. The number of amides is 2. The predicted molar refractivity (Wildman–Crippen MR) is 76.0 cm³/mol. The predicted octanol–water partition coefficient (Wildman–Crippen LogP) is 2.19. The Hall–Kier alpha value is -2.41. The maximum absolute atomic E-state index is 13.2. The molecule has 0 aliphatic carbocycles. The molecule has 1 aromatic carbocycles. The van der Waals surface area contributed by atoms with Crippen molar-refractivity contribution in [3.63, 3.8) is 0 Å². The zero-order valence-electron chi connectivity index (χ0n) is 11.6. The summed E-state index contributed by atoms with van der Waals surface area (Å²) >= 11 is 0. The van der Waals surface area contributed by atoms with Crippen LogP contribution in [0.4, 0.5) is 14.9 Å². The summed E-state index contributed by atoms with van der Waals surface area (Å²) in [5, 5.41) is 11.4. The molecule has 0 unspecified atom stereocenters. The van der Waals surface area contributed by atoms with Crippen molar-refractivity contribution in [2.75, 3.05) is 32.1 Å². The van der Waals surface area contributed by atoms with E-state index in [1.165, 1.54) is 18.1 Å². The van der Waals surface area contributed by atoms with Gasteiger partial charge in [0, 0.05) is 20.2 Å². The highest BCUT2D eigenvalue weighted by molar-refractivity contribution is 6.00. The lowest BCUT2D eigenvalue weighted by Crippen LogP contribution is -2.37. The number of hydrogen-bond acceptors (Lipinski definition) is 3. The van der Waals surface area contributed by atoms with Crippen LogP contribution in [0.5, 0.6) is 0 Å². The quantitative estimate of drug-likeness (QED) is 0.756. The molecule has 0 aromatic heterocycles. The third-order valence-electron chi connectivity index (χ3n) is 2.66. The first-order valence-electron chi connectivity index (χ1n) is 6.18. The minimum Gasteiger partial charge on any atom is -0.478 e. The summed E-state index contributed by atoms with van der Waals surface area (Å²) in [6.07, 6.45) is 1.53. The summed E-state index contributed by atoms with van der Waals surface area (Å²) in [5.41, 5.74) is -0.283. The molecule has 0 aliphatic rings. The van der Waals surface area contributed by atoms with Crippen molar-refractivity contribution in [1.29, 1.82) is 0 Å². The van der Waals surface area contributed by atoms with E-state index in [1.54, 1.807) is 0 Å². The number of carbonyl (C=O) groups excluding carboxylic acids is 1. The fourth-order valence-corrected chi connectivity index (χ4v) is 1.63. The van der Waals surface area contributed by atoms with Crippen LogP contribution in [0.25, 0.3) is 0 Å². The van der Waals surface area contributed by atoms with E-state index < -0.39 is 17.8 Å². The number of halogens is 1. The molecule has 0 atom stereocenters. The number of carboxylic acids is 1. The molecule has 21 heavy (non-hydrogen) atoms. The fourth-order valence-electron chi connectivity index (χ4n) is 1.63. The SMILES string of the molecule is C=CCN(CCOC)C(=O)Nc1cc(F)ccc1C(=O)O. The van der Waals surface area contributed by atoms with Gasteiger partial charge in [0.05, 0.1) is 17.9 Å². The first-order valence-corrected chi connectivity index (χ1v) is 6.18. The van der Waals surface area contributed by atoms with E-state index in [2.05, 4.69) is 11.9 Å². The number of methoxy groups -OCH3 is 1. The number of benzene rings is 1. The van der Waals surface area contributed by atoms with E-state index >= 15 is 0 Å². The summed E-state index contributed by atoms with van der Waals surface area (Å²) in [6, 6.07) is 2.52. The molecule has 0 bridgehead atoms. The van der Waals surface area contributed by atoms with E-state index in [0.29, 0.717) is 13.2 Å². The minimum absolute atomic E-state index is 0.0982. The molecule has 114 valence electrons. The standard InChI is InChI=1S/C14H17FN2O4/c1-3-6-17(7-8-21-2)14(20)16-12-9-10(15)4-5-11(12)13(18)19/h3-5,9H,1,6-8H2,2H3,(H,16,20)(H,18,19). The average molecular weight is 296 g/mol. The molecule has 2 amide bonds. The largest absolute Gasteiger partial charge is 0.478 e. The molecular formula is C14H17FN2O4. The lowest BCUT2D eigenvalue weighted by Gasteiger charge is -2.21. The van der Waals surface area contributed by atoms with Crippen LogP contribution in [0, 0.1) is 5.82 Å². The number of rotatable bonds is 7. The highest BCUT2D eigenvalue weighted by atomic mass is 19.1. The van der Waals surface area contributed by atoms with Gasteiger partial charge in [-0.2, -0.15) is 0 Å². The van der Waals surface area contributed by atoms with Gasteiger partial charge in [-0.05, 0) is 18.2 Å². The van der Waals surface area contributed by atoms with Crippen molar-refractivity contribution in [3.05, 3.63) is 42.2 Å². The van der Waals surface area contributed by atoms with Crippen LogP contribution < -0.4 is 5.32 Å². The Morgan fingerprint density at radius 1 is 1.52 bits per heavy atom. The van der Waals surface area contributed by atoms with Crippen LogP contribution in [0.3, 0.4) is 0 Å². The van der Waals surface area contributed by atoms with Crippen molar-refractivity contribution in [2.45, 2.75) is 0 Å². The number of nitrogens with zero attached hydrogens (tertiary/aromatic N) is 1. The van der Waals surface area contributed by atoms with Gasteiger partial charge in [-0.15, -0.1) is 6.58 Å². The van der Waals surface area contributed by atoms with Gasteiger partial charge in [-0.1, -0.05) is 6.08 Å². The lowest BCUT2D eigenvalue weighted by atomic mass is 10.2. The van der Waals surface area contributed by atoms with Crippen LogP contribution >= 0.6 is 0 Å². The maximum Gasteiger partial charge on any atom is 0.337 e. The van der Waals surface area contributed by atoms with Crippen LogP contribution in [0.15, 0.2) is 30.9 Å². The second-order valence-corrected chi connectivity index (χ2v) is 4.15. The Kier molecular flexibility index (Phi) is 6.35. The molecule has 0 heterocycles. The van der Waals surface area contributed by atoms with Gasteiger partial charge < -0.3 is 20.1 Å². The average Bonchev–Trinajstić information content (AvgIpc) is 2.43. The van der Waals surface area contributed by atoms with Crippen LogP contribution in [-0.4, -0.2) is 48.8 Å². The molecule has 2 N–H and O–H groups in total. The Balaban J connectivity index is 2.91. The van der Waals surface area contributed by atoms with E-state index in [0.717, 1.165) is 18.2 Å². The first kappa shape index (κ1) is 16.6. The first-order chi connectivity index (χ1) is 9.99. The summed E-state index contributed by atoms with van der Waals surface area (Å²) in [6.45, 7) is 4.41. The highest BCUT2D eigenvalue weighted by Gasteiger charge is 2.17. The minimum atomic E-state index is -1.25. The fraction of sp³-hybridized carbons (Fsp3) is 0.286. The zero-order valence-corrected chi connectivity index (χ0v) is 11.6. The van der Waals surface area contributed by atoms with Crippen LogP contribution in [-0.2, 0) is 4.74 Å². The number of carboxylic acid groups (broad SMARTS) is 1. The number of carbonyl (C=O) groups is 2. The summed E-state index contributed by atoms with van der Waals surface area (Å²) in [5.74, 6) is -1.89. The molecule has 1 rings (SSSR count). The van der Waals surface area contributed by atoms with Crippen molar-refractivity contribution >= 4 is 17.7 Å². The van der Waals surface area contributed by atoms with Crippen LogP contribution in [0.2, 0.25) is 0 Å². The van der Waals surface area contributed by atoms with Gasteiger partial charge >= 0.3 is 12.0 Å². The molecule has 0 aliphatic heterocycles. The van der Waals surface area contributed by atoms with E-state index in [9.17, 15) is 14.0 Å². The summed E-state index contributed by atoms with van der Waals surface area (Å²) in [4.78, 5) is 24.5. The number of anilines is 1. The Morgan fingerprint density at radius 3 is 2.81 bits per heavy atom. The van der Waals surface area contributed by atoms with Crippen molar-refractivity contribution in [1.82, 2.24) is 4.90 Å². The molecule has 1 aromatic rings. The third-order valence-corrected chi connectivity index (χ3v) is 2.66. The van der Waals surface area contributed by atoms with Gasteiger partial charge in [0.25, 0.3) is 0 Å². The van der Waals surface area contributed by atoms with E-state index in [-0.39, 0.29) is 17.8 Å². The maximum atomic E-state index is 13.2. The molecule has 0 spiro atoms. The van der Waals surface area contributed by atoms with Crippen molar-refractivity contribution in [2.24, 2.45) is 0 Å². The monoisotopic (exact) mass is 296 g/mol. The van der Waals surface area contributed by atoms with Gasteiger partial charge in [0.2, 0.25) is 0 Å². The molecule has 0 saturated carbocycles. The Labute approximate surface area is 121 Å². The van der Waals surface area contributed by atoms with Gasteiger partial charge in [0.1, 0.15) is 5.82 Å². The molecule has 0 saturated heterocycles. The molecule has 0 fully saturated rings. The van der Waals surface area contributed by atoms with Crippen molar-refractivity contribution in [3.8, 4) is 0 Å². The number of nitrogens with one attached hydrogen (secondary N) is 1. The normalized spacial score (nSPS) is 10.0.